The fourth-order valence-electron chi connectivity index (χ4n) is 8.47. The van der Waals surface area contributed by atoms with E-state index in [1.807, 2.05) is 63.7 Å². The molecule has 0 aliphatic heterocycles. The van der Waals surface area contributed by atoms with Gasteiger partial charge in [-0.2, -0.15) is 14.1 Å². The number of hydrogen-bond donors (Lipinski definition) is 1. The molecule has 4 aromatic rings. The van der Waals surface area contributed by atoms with Crippen molar-refractivity contribution in [3.8, 4) is 33.8 Å². The van der Waals surface area contributed by atoms with Crippen molar-refractivity contribution in [3.05, 3.63) is 101 Å². The fraction of sp³-hybridized carbons (Fsp3) is 0.510. The number of methoxy groups -OCH3 is 2. The quantitative estimate of drug-likeness (QED) is 0.0701. The maximum absolute atomic E-state index is 9.19. The average molecular weight is 921 g/mol. The van der Waals surface area contributed by atoms with Crippen molar-refractivity contribution in [1.29, 1.82) is 0 Å². The zero-order valence-electron chi connectivity index (χ0n) is 36.6. The molecule has 0 radical (unpaired) electrons. The SMILES string of the molecule is COc1ccc(OC)c(P(C2CCCCC2)C2CCCCC2)c1-c1c(C(C)C)cc(C(C)C)cc1C(C)C.CS(=O)(=O)O.C[N-]c1ccccc1-c1[c-]cccc1.[Pd+2]. The van der Waals surface area contributed by atoms with E-state index >= 15 is 0 Å². The Hall–Kier alpha value is -2.72. The summed E-state index contributed by atoms with van der Waals surface area (Å²) in [4.78, 5) is 0. The summed E-state index contributed by atoms with van der Waals surface area (Å²) in [6.07, 6.45) is 14.6. The van der Waals surface area contributed by atoms with Gasteiger partial charge < -0.3 is 14.8 Å². The number of rotatable bonds is 11. The van der Waals surface area contributed by atoms with E-state index in [0.717, 1.165) is 39.6 Å². The molecule has 0 unspecified atom stereocenters. The summed E-state index contributed by atoms with van der Waals surface area (Å²) in [5, 5.41) is 5.74. The van der Waals surface area contributed by atoms with Crippen molar-refractivity contribution < 1.29 is 42.9 Å². The summed E-state index contributed by atoms with van der Waals surface area (Å²) in [6, 6.07) is 28.6. The minimum Gasteiger partial charge on any atom is -0.694 e. The molecule has 2 aliphatic carbocycles. The molecule has 4 aromatic carbocycles. The van der Waals surface area contributed by atoms with Gasteiger partial charge in [0.05, 0.1) is 20.5 Å². The normalized spacial score (nSPS) is 14.9. The Morgan fingerprint density at radius 1 is 0.707 bits per heavy atom. The molecule has 1 N–H and O–H groups in total. The smallest absolute Gasteiger partial charge is 0.694 e. The van der Waals surface area contributed by atoms with E-state index in [4.69, 9.17) is 14.0 Å². The summed E-state index contributed by atoms with van der Waals surface area (Å²) in [5.41, 5.74) is 12.0. The van der Waals surface area contributed by atoms with Crippen molar-refractivity contribution in [1.82, 2.24) is 0 Å². The van der Waals surface area contributed by atoms with Crippen LogP contribution in [-0.2, 0) is 30.5 Å². The first-order valence-electron chi connectivity index (χ1n) is 21.0. The van der Waals surface area contributed by atoms with E-state index in [0.29, 0.717) is 24.0 Å². The van der Waals surface area contributed by atoms with Gasteiger partial charge in [0.1, 0.15) is 11.5 Å². The molecule has 2 fully saturated rings. The van der Waals surface area contributed by atoms with E-state index in [2.05, 4.69) is 83.3 Å². The maximum atomic E-state index is 9.19. The monoisotopic (exact) mass is 919 g/mol. The molecule has 6 nitrogen and oxygen atoms in total. The predicted molar refractivity (Wildman–Crippen MR) is 245 cm³/mol. The van der Waals surface area contributed by atoms with Gasteiger partial charge in [0.2, 0.25) is 0 Å². The van der Waals surface area contributed by atoms with Gasteiger partial charge in [0, 0.05) is 10.9 Å². The molecular weight excluding hydrogens is 852 g/mol. The molecule has 58 heavy (non-hydrogen) atoms. The zero-order valence-corrected chi connectivity index (χ0v) is 39.9. The Labute approximate surface area is 366 Å². The van der Waals surface area contributed by atoms with Crippen LogP contribution in [0.4, 0.5) is 5.69 Å². The summed E-state index contributed by atoms with van der Waals surface area (Å²) in [5.74, 6) is 3.50. The van der Waals surface area contributed by atoms with Gasteiger partial charge in [-0.25, -0.2) is 0 Å². The molecule has 320 valence electrons. The van der Waals surface area contributed by atoms with Gasteiger partial charge in [-0.05, 0) is 89.1 Å². The number of para-hydroxylation sites is 1. The molecule has 0 atom stereocenters. The largest absolute Gasteiger partial charge is 2.00 e. The van der Waals surface area contributed by atoms with Gasteiger partial charge in [-0.1, -0.05) is 124 Å². The number of hydrogen-bond acceptors (Lipinski definition) is 4. The second-order valence-corrected chi connectivity index (χ2v) is 20.7. The molecule has 2 saturated carbocycles. The minimum absolute atomic E-state index is 0. The molecule has 0 bridgehead atoms. The van der Waals surface area contributed by atoms with E-state index < -0.39 is 10.1 Å². The van der Waals surface area contributed by atoms with E-state index in [9.17, 15) is 8.42 Å². The molecule has 0 saturated heterocycles. The molecule has 0 amide bonds. The Morgan fingerprint density at radius 2 is 1.19 bits per heavy atom. The third kappa shape index (κ3) is 13.7. The second-order valence-electron chi connectivity index (χ2n) is 16.5. The number of benzene rings is 4. The second kappa shape index (κ2) is 23.9. The maximum Gasteiger partial charge on any atom is 2.00 e. The molecule has 0 spiro atoms. The van der Waals surface area contributed by atoms with Gasteiger partial charge >= 0.3 is 20.4 Å². The molecule has 2 aliphatic rings. The van der Waals surface area contributed by atoms with E-state index in [1.54, 1.807) is 0 Å². The Morgan fingerprint density at radius 3 is 1.62 bits per heavy atom. The molecule has 0 heterocycles. The first kappa shape index (κ1) is 49.6. The summed E-state index contributed by atoms with van der Waals surface area (Å²) in [7, 11) is 1.52. The van der Waals surface area contributed by atoms with Crippen molar-refractivity contribution in [2.75, 3.05) is 27.5 Å². The fourth-order valence-corrected chi connectivity index (χ4v) is 12.5. The Kier molecular flexibility index (Phi) is 20.5. The van der Waals surface area contributed by atoms with Gasteiger partial charge in [0.25, 0.3) is 10.1 Å². The van der Waals surface area contributed by atoms with Gasteiger partial charge in [-0.3, -0.25) is 4.55 Å². The minimum atomic E-state index is -3.67. The standard InChI is InChI=1S/C35H53O2P.C13H11N.CH4O3S.Pd/c1-23(2)26-21-29(24(3)4)33(30(22-26)25(5)6)34-31(36-7)19-20-32(37-8)35(34)38(27-15-11-9-12-16-27)28-17-13-10-14-18-28;1-14-13-10-6-5-9-12(13)11-7-3-2-4-8-11;1-5(2,3)4;/h19-25,27-28H,9-18H2,1-8H3;2-7,9-10H,1H3;1H3,(H,2,3,4);/q;-2;;+2. The summed E-state index contributed by atoms with van der Waals surface area (Å²) in [6.45, 7) is 14.1. The van der Waals surface area contributed by atoms with Gasteiger partial charge in [-0.15, -0.1) is 48.5 Å². The van der Waals surface area contributed by atoms with Crippen LogP contribution < -0.4 is 14.8 Å². The zero-order chi connectivity index (χ0) is 41.7. The van der Waals surface area contributed by atoms with Crippen LogP contribution in [0.3, 0.4) is 0 Å². The van der Waals surface area contributed by atoms with Crippen LogP contribution in [0, 0.1) is 6.07 Å². The summed E-state index contributed by atoms with van der Waals surface area (Å²) >= 11 is 0. The van der Waals surface area contributed by atoms with Crippen LogP contribution in [0.2, 0.25) is 0 Å². The van der Waals surface area contributed by atoms with E-state index in [-0.39, 0.29) is 28.3 Å². The van der Waals surface area contributed by atoms with Crippen LogP contribution >= 0.6 is 7.92 Å². The Balaban J connectivity index is 0.000000370. The summed E-state index contributed by atoms with van der Waals surface area (Å²) < 4.78 is 38.4. The number of ether oxygens (including phenoxy) is 2. The molecular formula is C49H68NO5PPdS. The third-order valence-corrected chi connectivity index (χ3v) is 14.8. The van der Waals surface area contributed by atoms with Crippen molar-refractivity contribution in [2.24, 2.45) is 0 Å². The first-order valence-corrected chi connectivity index (χ1v) is 24.3. The van der Waals surface area contributed by atoms with Crippen LogP contribution in [0.5, 0.6) is 11.5 Å². The topological polar surface area (TPSA) is 86.9 Å². The van der Waals surface area contributed by atoms with Gasteiger partial charge in [0.15, 0.2) is 0 Å². The molecule has 6 rings (SSSR count). The van der Waals surface area contributed by atoms with Crippen LogP contribution in [0.1, 0.15) is 140 Å². The van der Waals surface area contributed by atoms with Crippen molar-refractivity contribution in [2.45, 2.75) is 135 Å². The molecule has 0 aromatic heterocycles. The van der Waals surface area contributed by atoms with Crippen LogP contribution in [0.25, 0.3) is 27.6 Å². The number of nitrogens with zero attached hydrogens (tertiary/aromatic N) is 1. The average Bonchev–Trinajstić information content (AvgIpc) is 3.21. The van der Waals surface area contributed by atoms with Crippen molar-refractivity contribution in [3.63, 3.8) is 0 Å². The predicted octanol–water partition coefficient (Wildman–Crippen LogP) is 13.8. The third-order valence-electron chi connectivity index (χ3n) is 11.3. The molecule has 9 heteroatoms. The van der Waals surface area contributed by atoms with Crippen molar-refractivity contribution >= 4 is 29.0 Å². The van der Waals surface area contributed by atoms with E-state index in [1.165, 1.54) is 97.3 Å². The van der Waals surface area contributed by atoms with Crippen LogP contribution in [-0.4, -0.2) is 51.8 Å². The Bertz CT molecular complexity index is 1900. The first-order chi connectivity index (χ1) is 27.2. The van der Waals surface area contributed by atoms with Crippen LogP contribution in [0.15, 0.2) is 72.8 Å².